The van der Waals surface area contributed by atoms with E-state index in [1.165, 1.54) is 36.4 Å². The van der Waals surface area contributed by atoms with Crippen LogP contribution in [0.1, 0.15) is 20.7 Å². The fourth-order valence-electron chi connectivity index (χ4n) is 2.35. The maximum atomic E-state index is 13.6. The van der Waals surface area contributed by atoms with Crippen LogP contribution in [-0.4, -0.2) is 11.8 Å². The van der Waals surface area contributed by atoms with Crippen LogP contribution in [0.3, 0.4) is 0 Å². The van der Waals surface area contributed by atoms with Crippen molar-refractivity contribution in [2.75, 3.05) is 10.6 Å². The molecule has 2 N–H and O–H groups in total. The maximum absolute atomic E-state index is 13.6. The van der Waals surface area contributed by atoms with Gasteiger partial charge >= 0.3 is 0 Å². The van der Waals surface area contributed by atoms with Gasteiger partial charge in [0.1, 0.15) is 17.3 Å². The molecule has 0 aliphatic rings. The fourth-order valence-corrected chi connectivity index (χ4v) is 2.35. The number of nitrogens with one attached hydrogen (secondary N) is 2. The van der Waals surface area contributed by atoms with E-state index in [0.29, 0.717) is 0 Å². The highest BCUT2D eigenvalue weighted by atomic mass is 19.2. The van der Waals surface area contributed by atoms with Gasteiger partial charge in [-0.3, -0.25) is 9.59 Å². The summed E-state index contributed by atoms with van der Waals surface area (Å²) < 4.78 is 53.3. The molecular weight excluding hydrogens is 376 g/mol. The number of amides is 2. The standard InChI is InChI=1S/C20H12F4N2O2/c21-14-9-8-13(10-17(14)24)25-19(27)11-4-6-12(7-5-11)20(28)26-18-15(22)2-1-3-16(18)23/h1-10H,(H,25,27)(H,26,28). The first-order chi connectivity index (χ1) is 13.3. The smallest absolute Gasteiger partial charge is 0.255 e. The molecule has 0 unspecified atom stereocenters. The molecular formula is C20H12F4N2O2. The van der Waals surface area contributed by atoms with E-state index in [9.17, 15) is 27.2 Å². The summed E-state index contributed by atoms with van der Waals surface area (Å²) in [6.07, 6.45) is 0. The van der Waals surface area contributed by atoms with E-state index >= 15 is 0 Å². The highest BCUT2D eigenvalue weighted by Crippen LogP contribution is 2.19. The van der Waals surface area contributed by atoms with E-state index in [0.717, 1.165) is 24.3 Å². The molecule has 3 aromatic rings. The number of anilines is 2. The molecule has 0 radical (unpaired) electrons. The highest BCUT2D eigenvalue weighted by Gasteiger charge is 2.14. The topological polar surface area (TPSA) is 58.2 Å². The third kappa shape index (κ3) is 4.17. The molecule has 0 aromatic heterocycles. The minimum Gasteiger partial charge on any atom is -0.322 e. The first-order valence-electron chi connectivity index (χ1n) is 7.97. The van der Waals surface area contributed by atoms with Gasteiger partial charge in [-0.05, 0) is 48.5 Å². The zero-order valence-corrected chi connectivity index (χ0v) is 14.1. The van der Waals surface area contributed by atoms with Crippen molar-refractivity contribution < 1.29 is 27.2 Å². The van der Waals surface area contributed by atoms with Crippen LogP contribution in [0, 0.1) is 23.3 Å². The SMILES string of the molecule is O=C(Nc1ccc(F)c(F)c1)c1ccc(C(=O)Nc2c(F)cccc2F)cc1. The Balaban J connectivity index is 1.71. The minimum absolute atomic E-state index is 0.0562. The van der Waals surface area contributed by atoms with Crippen molar-refractivity contribution in [3.05, 3.63) is 95.1 Å². The van der Waals surface area contributed by atoms with Gasteiger partial charge in [0, 0.05) is 22.9 Å². The molecule has 8 heteroatoms. The number of hydrogen-bond donors (Lipinski definition) is 2. The summed E-state index contributed by atoms with van der Waals surface area (Å²) in [5, 5.41) is 4.51. The molecule has 0 saturated carbocycles. The lowest BCUT2D eigenvalue weighted by Crippen LogP contribution is -2.15. The van der Waals surface area contributed by atoms with E-state index in [2.05, 4.69) is 10.6 Å². The number of halogens is 4. The predicted octanol–water partition coefficient (Wildman–Crippen LogP) is 4.75. The van der Waals surface area contributed by atoms with E-state index < -0.39 is 40.8 Å². The van der Waals surface area contributed by atoms with Crippen molar-refractivity contribution in [1.82, 2.24) is 0 Å². The Kier molecular flexibility index (Phi) is 5.39. The lowest BCUT2D eigenvalue weighted by Gasteiger charge is -2.09. The second-order valence-corrected chi connectivity index (χ2v) is 5.71. The van der Waals surface area contributed by atoms with Crippen LogP contribution < -0.4 is 10.6 Å². The average Bonchev–Trinajstić information content (AvgIpc) is 2.67. The van der Waals surface area contributed by atoms with Gasteiger partial charge in [0.05, 0.1) is 0 Å². The summed E-state index contributed by atoms with van der Waals surface area (Å²) >= 11 is 0. The Labute approximate surface area is 156 Å². The van der Waals surface area contributed by atoms with Crippen LogP contribution in [0.25, 0.3) is 0 Å². The lowest BCUT2D eigenvalue weighted by molar-refractivity contribution is 0.101. The zero-order valence-electron chi connectivity index (χ0n) is 14.1. The molecule has 0 bridgehead atoms. The third-order valence-corrected chi connectivity index (χ3v) is 3.79. The molecule has 142 valence electrons. The molecule has 28 heavy (non-hydrogen) atoms. The van der Waals surface area contributed by atoms with E-state index in [-0.39, 0.29) is 16.8 Å². The molecule has 0 aliphatic carbocycles. The lowest BCUT2D eigenvalue weighted by atomic mass is 10.1. The fraction of sp³-hybridized carbons (Fsp3) is 0. The Bertz CT molecular complexity index is 1030. The van der Waals surface area contributed by atoms with E-state index in [1.54, 1.807) is 0 Å². The molecule has 3 aromatic carbocycles. The zero-order chi connectivity index (χ0) is 20.3. The molecule has 2 amide bonds. The van der Waals surface area contributed by atoms with Crippen LogP contribution in [0.5, 0.6) is 0 Å². The number of rotatable bonds is 4. The van der Waals surface area contributed by atoms with Crippen LogP contribution in [0.15, 0.2) is 60.7 Å². The molecule has 0 aliphatic heterocycles. The summed E-state index contributed by atoms with van der Waals surface area (Å²) in [4.78, 5) is 24.3. The Hall–Kier alpha value is -3.68. The van der Waals surface area contributed by atoms with Gasteiger partial charge in [0.2, 0.25) is 0 Å². The van der Waals surface area contributed by atoms with Gasteiger partial charge in [-0.1, -0.05) is 6.07 Å². The van der Waals surface area contributed by atoms with E-state index in [4.69, 9.17) is 0 Å². The van der Waals surface area contributed by atoms with Gasteiger partial charge < -0.3 is 10.6 Å². The van der Waals surface area contributed by atoms with Crippen molar-refractivity contribution in [2.45, 2.75) is 0 Å². The largest absolute Gasteiger partial charge is 0.322 e. The van der Waals surface area contributed by atoms with Gasteiger partial charge in [0.25, 0.3) is 11.8 Å². The molecule has 4 nitrogen and oxygen atoms in total. The predicted molar refractivity (Wildman–Crippen MR) is 95.1 cm³/mol. The quantitative estimate of drug-likeness (QED) is 0.634. The summed E-state index contributed by atoms with van der Waals surface area (Å²) in [6, 6.07) is 11.3. The van der Waals surface area contributed by atoms with Crippen LogP contribution in [-0.2, 0) is 0 Å². The number of carbonyl (C=O) groups is 2. The third-order valence-electron chi connectivity index (χ3n) is 3.79. The minimum atomic E-state index is -1.11. The average molecular weight is 388 g/mol. The Morgan fingerprint density at radius 2 is 1.14 bits per heavy atom. The van der Waals surface area contributed by atoms with Gasteiger partial charge in [-0.25, -0.2) is 17.6 Å². The van der Waals surface area contributed by atoms with Gasteiger partial charge in [-0.15, -0.1) is 0 Å². The summed E-state index contributed by atoms with van der Waals surface area (Å²) in [7, 11) is 0. The molecule has 0 fully saturated rings. The molecule has 0 heterocycles. The molecule has 0 saturated heterocycles. The Morgan fingerprint density at radius 1 is 0.607 bits per heavy atom. The van der Waals surface area contributed by atoms with Gasteiger partial charge in [-0.2, -0.15) is 0 Å². The molecule has 3 rings (SSSR count). The molecule has 0 atom stereocenters. The van der Waals surface area contributed by atoms with E-state index in [1.807, 2.05) is 0 Å². The summed E-state index contributed by atoms with van der Waals surface area (Å²) in [6.45, 7) is 0. The second-order valence-electron chi connectivity index (χ2n) is 5.71. The van der Waals surface area contributed by atoms with Crippen LogP contribution in [0.4, 0.5) is 28.9 Å². The van der Waals surface area contributed by atoms with Crippen LogP contribution >= 0.6 is 0 Å². The van der Waals surface area contributed by atoms with Crippen molar-refractivity contribution in [1.29, 1.82) is 0 Å². The first kappa shape index (κ1) is 19.1. The second kappa shape index (κ2) is 7.91. The summed E-state index contributed by atoms with van der Waals surface area (Å²) in [5.41, 5.74) is -0.321. The van der Waals surface area contributed by atoms with Crippen molar-refractivity contribution in [2.24, 2.45) is 0 Å². The highest BCUT2D eigenvalue weighted by molar-refractivity contribution is 6.07. The van der Waals surface area contributed by atoms with Crippen molar-refractivity contribution >= 4 is 23.2 Å². The number of carbonyl (C=O) groups excluding carboxylic acids is 2. The number of hydrogen-bond acceptors (Lipinski definition) is 2. The number of para-hydroxylation sites is 1. The first-order valence-corrected chi connectivity index (χ1v) is 7.97. The van der Waals surface area contributed by atoms with Crippen molar-refractivity contribution in [3.63, 3.8) is 0 Å². The van der Waals surface area contributed by atoms with Gasteiger partial charge in [0.15, 0.2) is 11.6 Å². The Morgan fingerprint density at radius 3 is 1.68 bits per heavy atom. The summed E-state index contributed by atoms with van der Waals surface area (Å²) in [5.74, 6) is -5.37. The van der Waals surface area contributed by atoms with Crippen molar-refractivity contribution in [3.8, 4) is 0 Å². The monoisotopic (exact) mass is 388 g/mol. The van der Waals surface area contributed by atoms with Crippen LogP contribution in [0.2, 0.25) is 0 Å². The molecule has 0 spiro atoms. The maximum Gasteiger partial charge on any atom is 0.255 e. The normalized spacial score (nSPS) is 10.4. The number of benzene rings is 3.